The van der Waals surface area contributed by atoms with Gasteiger partial charge in [-0.15, -0.1) is 0 Å². The minimum Gasteiger partial charge on any atom is -0.357 e. The SMILES string of the molecule is CC(C)(C)C(=O)C1OC1(C)C(C)(C)C. The van der Waals surface area contributed by atoms with E-state index in [-0.39, 0.29) is 28.3 Å². The molecule has 2 atom stereocenters. The van der Waals surface area contributed by atoms with E-state index in [0.717, 1.165) is 0 Å². The van der Waals surface area contributed by atoms with Gasteiger partial charge in [0.05, 0.1) is 0 Å². The second kappa shape index (κ2) is 2.82. The van der Waals surface area contributed by atoms with Crippen LogP contribution >= 0.6 is 0 Å². The van der Waals surface area contributed by atoms with Gasteiger partial charge in [-0.05, 0) is 12.3 Å². The molecule has 1 aliphatic heterocycles. The van der Waals surface area contributed by atoms with E-state index < -0.39 is 0 Å². The molecule has 0 aromatic rings. The highest BCUT2D eigenvalue weighted by molar-refractivity contribution is 5.91. The fourth-order valence-corrected chi connectivity index (χ4v) is 1.48. The maximum absolute atomic E-state index is 12.0. The molecule has 14 heavy (non-hydrogen) atoms. The minimum absolute atomic E-state index is 0.0264. The highest BCUT2D eigenvalue weighted by Gasteiger charge is 2.64. The summed E-state index contributed by atoms with van der Waals surface area (Å²) >= 11 is 0. The Labute approximate surface area is 87.0 Å². The third-order valence-corrected chi connectivity index (χ3v) is 3.27. The van der Waals surface area contributed by atoms with E-state index in [1.165, 1.54) is 0 Å². The van der Waals surface area contributed by atoms with Crippen LogP contribution in [0.4, 0.5) is 0 Å². The smallest absolute Gasteiger partial charge is 0.169 e. The summed E-state index contributed by atoms with van der Waals surface area (Å²) in [6.45, 7) is 14.2. The number of hydrogen-bond acceptors (Lipinski definition) is 2. The number of Topliss-reactive ketones (excluding diaryl/α,β-unsaturated/α-hetero) is 1. The number of carbonyl (C=O) groups excluding carboxylic acids is 1. The first-order chi connectivity index (χ1) is 6.00. The molecule has 2 unspecified atom stereocenters. The van der Waals surface area contributed by atoms with Crippen LogP contribution in [0.15, 0.2) is 0 Å². The summed E-state index contributed by atoms with van der Waals surface area (Å²) in [4.78, 5) is 12.0. The third-order valence-electron chi connectivity index (χ3n) is 3.27. The average molecular weight is 198 g/mol. The van der Waals surface area contributed by atoms with Crippen molar-refractivity contribution in [2.45, 2.75) is 60.2 Å². The largest absolute Gasteiger partial charge is 0.357 e. The van der Waals surface area contributed by atoms with Crippen molar-refractivity contribution in [3.63, 3.8) is 0 Å². The number of carbonyl (C=O) groups is 1. The molecule has 1 saturated heterocycles. The van der Waals surface area contributed by atoms with Crippen molar-refractivity contribution in [2.24, 2.45) is 10.8 Å². The molecule has 0 spiro atoms. The number of ketones is 1. The molecular weight excluding hydrogens is 176 g/mol. The fourth-order valence-electron chi connectivity index (χ4n) is 1.48. The third kappa shape index (κ3) is 1.72. The first-order valence-corrected chi connectivity index (χ1v) is 5.22. The van der Waals surface area contributed by atoms with Gasteiger partial charge < -0.3 is 4.74 Å². The Morgan fingerprint density at radius 1 is 1.14 bits per heavy atom. The molecule has 0 aromatic heterocycles. The van der Waals surface area contributed by atoms with Crippen molar-refractivity contribution in [2.75, 3.05) is 0 Å². The lowest BCUT2D eigenvalue weighted by molar-refractivity contribution is -0.127. The van der Waals surface area contributed by atoms with Crippen LogP contribution in [0, 0.1) is 10.8 Å². The van der Waals surface area contributed by atoms with E-state index in [4.69, 9.17) is 4.74 Å². The Hall–Kier alpha value is -0.370. The van der Waals surface area contributed by atoms with Gasteiger partial charge in [-0.2, -0.15) is 0 Å². The van der Waals surface area contributed by atoms with Gasteiger partial charge in [0.25, 0.3) is 0 Å². The van der Waals surface area contributed by atoms with Gasteiger partial charge in [0, 0.05) is 5.41 Å². The summed E-state index contributed by atoms with van der Waals surface area (Å²) in [7, 11) is 0. The maximum atomic E-state index is 12.0. The first-order valence-electron chi connectivity index (χ1n) is 5.22. The normalized spacial score (nSPS) is 32.9. The molecule has 0 N–H and O–H groups in total. The van der Waals surface area contributed by atoms with Gasteiger partial charge in [-0.25, -0.2) is 0 Å². The summed E-state index contributed by atoms with van der Waals surface area (Å²) in [5.41, 5.74) is -0.538. The second-order valence-electron chi connectivity index (χ2n) is 6.47. The number of ether oxygens (including phenoxy) is 1. The van der Waals surface area contributed by atoms with Crippen molar-refractivity contribution in [3.8, 4) is 0 Å². The summed E-state index contributed by atoms with van der Waals surface area (Å²) < 4.78 is 5.61. The number of epoxide rings is 1. The van der Waals surface area contributed by atoms with Crippen molar-refractivity contribution >= 4 is 5.78 Å². The van der Waals surface area contributed by atoms with Gasteiger partial charge in [0.1, 0.15) is 11.7 Å². The lowest BCUT2D eigenvalue weighted by Gasteiger charge is -2.25. The first kappa shape index (κ1) is 11.7. The van der Waals surface area contributed by atoms with Gasteiger partial charge in [0.15, 0.2) is 5.78 Å². The van der Waals surface area contributed by atoms with Crippen molar-refractivity contribution in [1.29, 1.82) is 0 Å². The molecule has 2 heteroatoms. The number of rotatable bonds is 1. The molecule has 2 nitrogen and oxygen atoms in total. The van der Waals surface area contributed by atoms with Crippen molar-refractivity contribution < 1.29 is 9.53 Å². The van der Waals surface area contributed by atoms with Crippen molar-refractivity contribution in [3.05, 3.63) is 0 Å². The second-order valence-corrected chi connectivity index (χ2v) is 6.47. The van der Waals surface area contributed by atoms with Crippen LogP contribution in [0.2, 0.25) is 0 Å². The lowest BCUT2D eigenvalue weighted by atomic mass is 9.75. The van der Waals surface area contributed by atoms with Crippen LogP contribution in [0.3, 0.4) is 0 Å². The van der Waals surface area contributed by atoms with E-state index in [1.807, 2.05) is 27.7 Å². The van der Waals surface area contributed by atoms with Crippen LogP contribution in [0.1, 0.15) is 48.5 Å². The van der Waals surface area contributed by atoms with E-state index in [9.17, 15) is 4.79 Å². The molecule has 1 aliphatic rings. The number of hydrogen-bond donors (Lipinski definition) is 0. The fraction of sp³-hybridized carbons (Fsp3) is 0.917. The highest BCUT2D eigenvalue weighted by Crippen LogP contribution is 2.51. The van der Waals surface area contributed by atoms with Crippen LogP contribution < -0.4 is 0 Å². The van der Waals surface area contributed by atoms with Crippen LogP contribution in [0.5, 0.6) is 0 Å². The van der Waals surface area contributed by atoms with E-state index in [0.29, 0.717) is 0 Å². The topological polar surface area (TPSA) is 29.6 Å². The highest BCUT2D eigenvalue weighted by atomic mass is 16.6. The standard InChI is InChI=1S/C12H22O2/c1-10(2,3)8(13)9-12(7,14-9)11(4,5)6/h9H,1-7H3. The molecule has 0 amide bonds. The predicted molar refractivity (Wildman–Crippen MR) is 57.2 cm³/mol. The molecule has 1 heterocycles. The Morgan fingerprint density at radius 3 is 1.79 bits per heavy atom. The average Bonchev–Trinajstić information content (AvgIpc) is 2.58. The van der Waals surface area contributed by atoms with Crippen LogP contribution in [-0.2, 0) is 9.53 Å². The summed E-state index contributed by atoms with van der Waals surface area (Å²) in [6.07, 6.45) is -0.206. The Balaban J connectivity index is 2.77. The summed E-state index contributed by atoms with van der Waals surface area (Å²) in [6, 6.07) is 0. The van der Waals surface area contributed by atoms with Gasteiger partial charge in [-0.3, -0.25) is 4.79 Å². The molecule has 0 radical (unpaired) electrons. The molecule has 1 fully saturated rings. The minimum atomic E-state index is -0.298. The quantitative estimate of drug-likeness (QED) is 0.606. The van der Waals surface area contributed by atoms with Crippen LogP contribution in [-0.4, -0.2) is 17.5 Å². The zero-order valence-corrected chi connectivity index (χ0v) is 10.4. The molecule has 0 saturated carbocycles. The van der Waals surface area contributed by atoms with Crippen molar-refractivity contribution in [1.82, 2.24) is 0 Å². The van der Waals surface area contributed by atoms with Gasteiger partial charge >= 0.3 is 0 Å². The predicted octanol–water partition coefficient (Wildman–Crippen LogP) is 2.81. The van der Waals surface area contributed by atoms with E-state index in [2.05, 4.69) is 20.8 Å². The lowest BCUT2D eigenvalue weighted by Crippen LogP contribution is -2.36. The van der Waals surface area contributed by atoms with Crippen LogP contribution in [0.25, 0.3) is 0 Å². The molecular formula is C12H22O2. The summed E-state index contributed by atoms with van der Waals surface area (Å²) in [5, 5.41) is 0. The Morgan fingerprint density at radius 2 is 1.57 bits per heavy atom. The Kier molecular flexibility index (Phi) is 2.35. The zero-order chi connectivity index (χ0) is 11.4. The molecule has 82 valence electrons. The maximum Gasteiger partial charge on any atom is 0.169 e. The van der Waals surface area contributed by atoms with Gasteiger partial charge in [0.2, 0.25) is 0 Å². The summed E-state index contributed by atoms with van der Waals surface area (Å²) in [5.74, 6) is 0.218. The molecule has 0 bridgehead atoms. The van der Waals surface area contributed by atoms with E-state index in [1.54, 1.807) is 0 Å². The molecule has 0 aromatic carbocycles. The monoisotopic (exact) mass is 198 g/mol. The molecule has 0 aliphatic carbocycles. The molecule has 1 rings (SSSR count). The van der Waals surface area contributed by atoms with E-state index >= 15 is 0 Å². The zero-order valence-electron chi connectivity index (χ0n) is 10.4. The Bertz CT molecular complexity index is 254. The van der Waals surface area contributed by atoms with Gasteiger partial charge in [-0.1, -0.05) is 41.5 Å².